The van der Waals surface area contributed by atoms with Gasteiger partial charge in [-0.3, -0.25) is 19.6 Å². The van der Waals surface area contributed by atoms with Crippen molar-refractivity contribution in [1.29, 1.82) is 0 Å². The van der Waals surface area contributed by atoms with E-state index in [1.54, 1.807) is 36.7 Å². The fourth-order valence-corrected chi connectivity index (χ4v) is 2.24. The highest BCUT2D eigenvalue weighted by molar-refractivity contribution is 5.85. The molecule has 3 aromatic carbocycles. The van der Waals surface area contributed by atoms with Crippen LogP contribution in [0.1, 0.15) is 31.8 Å². The molecular weight excluding hydrogens is 324 g/mol. The zero-order valence-corrected chi connectivity index (χ0v) is 13.9. The number of nitrogens with zero attached hydrogens (tertiary/aromatic N) is 2. The fraction of sp³-hybridized carbons (Fsp3) is 0. The molecule has 0 atom stereocenters. The Bertz CT molecular complexity index is 858. The van der Waals surface area contributed by atoms with Crippen molar-refractivity contribution in [3.8, 4) is 0 Å². The van der Waals surface area contributed by atoms with E-state index in [2.05, 4.69) is 9.98 Å². The number of rotatable bonds is 6. The number of benzene rings is 3. The van der Waals surface area contributed by atoms with E-state index in [0.717, 1.165) is 35.1 Å². The van der Waals surface area contributed by atoms with Gasteiger partial charge in [0.05, 0.1) is 11.4 Å². The Morgan fingerprint density at radius 1 is 0.462 bits per heavy atom. The summed E-state index contributed by atoms with van der Waals surface area (Å²) in [5.41, 5.74) is 4.78. The van der Waals surface area contributed by atoms with Gasteiger partial charge in [-0.05, 0) is 35.4 Å². The van der Waals surface area contributed by atoms with Crippen LogP contribution in [0.3, 0.4) is 0 Å². The molecule has 0 radical (unpaired) electrons. The minimum atomic E-state index is 0.644. The van der Waals surface area contributed by atoms with Crippen molar-refractivity contribution in [3.63, 3.8) is 0 Å². The van der Waals surface area contributed by atoms with E-state index in [9.17, 15) is 9.59 Å². The van der Waals surface area contributed by atoms with Crippen LogP contribution in [0.2, 0.25) is 0 Å². The van der Waals surface area contributed by atoms with Gasteiger partial charge in [0.1, 0.15) is 12.6 Å². The molecule has 0 fully saturated rings. The van der Waals surface area contributed by atoms with Crippen LogP contribution in [-0.4, -0.2) is 25.0 Å². The average Bonchev–Trinajstić information content (AvgIpc) is 2.72. The van der Waals surface area contributed by atoms with E-state index in [0.29, 0.717) is 11.1 Å². The zero-order valence-electron chi connectivity index (χ0n) is 13.9. The summed E-state index contributed by atoms with van der Waals surface area (Å²) in [5.74, 6) is 0. The molecule has 0 N–H and O–H groups in total. The summed E-state index contributed by atoms with van der Waals surface area (Å²) in [7, 11) is 0. The van der Waals surface area contributed by atoms with E-state index in [1.165, 1.54) is 0 Å². The second kappa shape index (κ2) is 8.44. The predicted octanol–water partition coefficient (Wildman–Crippen LogP) is 4.81. The number of aliphatic imine (C=N–C) groups is 2. The second-order valence-electron chi connectivity index (χ2n) is 5.60. The number of carbonyl (C=O) groups is 2. The summed E-state index contributed by atoms with van der Waals surface area (Å²) in [6, 6.07) is 22.0. The van der Waals surface area contributed by atoms with E-state index in [4.69, 9.17) is 0 Å². The van der Waals surface area contributed by atoms with Gasteiger partial charge in [-0.1, -0.05) is 48.5 Å². The monoisotopic (exact) mass is 340 g/mol. The lowest BCUT2D eigenvalue weighted by Gasteiger charge is -1.97. The van der Waals surface area contributed by atoms with Crippen molar-refractivity contribution in [2.75, 3.05) is 0 Å². The predicted molar refractivity (Wildman–Crippen MR) is 105 cm³/mol. The molecule has 0 aliphatic rings. The molecule has 0 aliphatic carbocycles. The molecule has 0 unspecified atom stereocenters. The molecule has 0 saturated heterocycles. The van der Waals surface area contributed by atoms with Crippen molar-refractivity contribution in [1.82, 2.24) is 0 Å². The molecule has 3 aromatic rings. The maximum Gasteiger partial charge on any atom is 0.150 e. The minimum absolute atomic E-state index is 0.644. The molecule has 4 heteroatoms. The third-order valence-corrected chi connectivity index (χ3v) is 3.72. The lowest BCUT2D eigenvalue weighted by molar-refractivity contribution is 0.111. The number of hydrogen-bond donors (Lipinski definition) is 0. The van der Waals surface area contributed by atoms with Gasteiger partial charge < -0.3 is 0 Å². The van der Waals surface area contributed by atoms with Crippen molar-refractivity contribution in [2.24, 2.45) is 9.98 Å². The summed E-state index contributed by atoms with van der Waals surface area (Å²) in [6.07, 6.45) is 5.14. The molecule has 4 nitrogen and oxygen atoms in total. The first-order valence-electron chi connectivity index (χ1n) is 8.05. The third-order valence-electron chi connectivity index (χ3n) is 3.72. The van der Waals surface area contributed by atoms with Crippen LogP contribution in [0.5, 0.6) is 0 Å². The number of aldehydes is 2. The van der Waals surface area contributed by atoms with Gasteiger partial charge in [0.2, 0.25) is 0 Å². The van der Waals surface area contributed by atoms with E-state index in [1.807, 2.05) is 48.5 Å². The first kappa shape index (κ1) is 17.2. The van der Waals surface area contributed by atoms with Gasteiger partial charge in [-0.25, -0.2) is 0 Å². The topological polar surface area (TPSA) is 58.9 Å². The molecule has 26 heavy (non-hydrogen) atoms. The molecule has 0 heterocycles. The van der Waals surface area contributed by atoms with Gasteiger partial charge in [0, 0.05) is 23.6 Å². The van der Waals surface area contributed by atoms with Gasteiger partial charge in [0.25, 0.3) is 0 Å². The highest BCUT2D eigenvalue weighted by Crippen LogP contribution is 2.18. The second-order valence-corrected chi connectivity index (χ2v) is 5.60. The van der Waals surface area contributed by atoms with Crippen LogP contribution in [0.25, 0.3) is 0 Å². The van der Waals surface area contributed by atoms with E-state index < -0.39 is 0 Å². The Morgan fingerprint density at radius 3 is 1.08 bits per heavy atom. The van der Waals surface area contributed by atoms with Crippen molar-refractivity contribution in [3.05, 3.63) is 95.1 Å². The molecule has 3 rings (SSSR count). The molecule has 126 valence electrons. The SMILES string of the molecule is O=Cc1ccc(C=Nc2ccc(/N=C/c3ccc(C=O)cc3)cc2)cc1. The van der Waals surface area contributed by atoms with Crippen molar-refractivity contribution in [2.45, 2.75) is 0 Å². The smallest absolute Gasteiger partial charge is 0.150 e. The van der Waals surface area contributed by atoms with Gasteiger partial charge in [-0.2, -0.15) is 0 Å². The van der Waals surface area contributed by atoms with Crippen molar-refractivity contribution >= 4 is 36.4 Å². The molecule has 0 amide bonds. The summed E-state index contributed by atoms with van der Waals surface area (Å²) in [4.78, 5) is 30.1. The zero-order chi connectivity index (χ0) is 18.2. The Labute approximate surface area is 151 Å². The average molecular weight is 340 g/mol. The Kier molecular flexibility index (Phi) is 5.58. The largest absolute Gasteiger partial charge is 0.298 e. The maximum absolute atomic E-state index is 10.6. The van der Waals surface area contributed by atoms with E-state index in [-0.39, 0.29) is 0 Å². The summed E-state index contributed by atoms with van der Waals surface area (Å²) in [5, 5.41) is 0. The molecule has 0 aliphatic heterocycles. The Hall–Kier alpha value is -3.66. The number of carbonyl (C=O) groups excluding carboxylic acids is 2. The van der Waals surface area contributed by atoms with Gasteiger partial charge >= 0.3 is 0 Å². The highest BCUT2D eigenvalue weighted by atomic mass is 16.1. The summed E-state index contributed by atoms with van der Waals surface area (Å²) >= 11 is 0. The normalized spacial score (nSPS) is 11.1. The third kappa shape index (κ3) is 4.68. The first-order valence-corrected chi connectivity index (χ1v) is 8.05. The quantitative estimate of drug-likeness (QED) is 0.477. The van der Waals surface area contributed by atoms with Crippen LogP contribution in [0, 0.1) is 0 Å². The van der Waals surface area contributed by atoms with Crippen LogP contribution in [-0.2, 0) is 0 Å². The van der Waals surface area contributed by atoms with Gasteiger partial charge in [0.15, 0.2) is 0 Å². The Morgan fingerprint density at radius 2 is 0.769 bits per heavy atom. The maximum atomic E-state index is 10.6. The van der Waals surface area contributed by atoms with Crippen LogP contribution in [0.15, 0.2) is 82.8 Å². The van der Waals surface area contributed by atoms with Crippen LogP contribution < -0.4 is 0 Å². The van der Waals surface area contributed by atoms with E-state index >= 15 is 0 Å². The molecular formula is C22H16N2O2. The number of hydrogen-bond acceptors (Lipinski definition) is 4. The first-order chi connectivity index (χ1) is 12.8. The fourth-order valence-electron chi connectivity index (χ4n) is 2.24. The van der Waals surface area contributed by atoms with Gasteiger partial charge in [-0.15, -0.1) is 0 Å². The summed E-state index contributed by atoms with van der Waals surface area (Å²) in [6.45, 7) is 0. The Balaban J connectivity index is 1.65. The minimum Gasteiger partial charge on any atom is -0.298 e. The molecule has 0 spiro atoms. The highest BCUT2D eigenvalue weighted by Gasteiger charge is 1.94. The molecule has 0 saturated carbocycles. The lowest BCUT2D eigenvalue weighted by Crippen LogP contribution is -1.83. The lowest BCUT2D eigenvalue weighted by atomic mass is 10.1. The standard InChI is InChI=1S/C22H16N2O2/c25-15-19-5-1-17(2-6-19)13-23-21-9-11-22(12-10-21)24-14-18-3-7-20(16-26)8-4-18/h1-16H/b23-13+,24-14?. The molecule has 0 aromatic heterocycles. The van der Waals surface area contributed by atoms with Crippen molar-refractivity contribution < 1.29 is 9.59 Å². The molecule has 0 bridgehead atoms. The summed E-state index contributed by atoms with van der Waals surface area (Å²) < 4.78 is 0. The van der Waals surface area contributed by atoms with Crippen LogP contribution >= 0.6 is 0 Å². The van der Waals surface area contributed by atoms with Crippen LogP contribution in [0.4, 0.5) is 11.4 Å².